The van der Waals surface area contributed by atoms with Gasteiger partial charge in [-0.1, -0.05) is 111 Å². The summed E-state index contributed by atoms with van der Waals surface area (Å²) in [4.78, 5) is 70.3. The summed E-state index contributed by atoms with van der Waals surface area (Å²) in [6.45, 7) is 13.1. The lowest BCUT2D eigenvalue weighted by Crippen LogP contribution is -2.24. The van der Waals surface area contributed by atoms with Crippen LogP contribution in [0.4, 0.5) is 0 Å². The van der Waals surface area contributed by atoms with E-state index in [2.05, 4.69) is 59.6 Å². The first-order valence-electron chi connectivity index (χ1n) is 26.0. The second-order valence-electron chi connectivity index (χ2n) is 17.2. The molecule has 0 aliphatic heterocycles. The first-order valence-corrected chi connectivity index (χ1v) is 26.0. The molecule has 0 fully saturated rings. The minimum atomic E-state index is 0.00463. The lowest BCUT2D eigenvalue weighted by Gasteiger charge is -2.09. The fraction of sp³-hybridized carbons (Fsp3) is 0.885. The molecule has 0 atom stereocenters. The Bertz CT molecular complexity index is 1050. The SMILES string of the molecule is CCCCC.CCCCCC(=O)N(C)C.CCCCCC(=O)NC.CNC.CNC(C)=O.CNCCCCCCC(=O)N(C)C.CNCCCCCCC(=O)NCCCCCCC(=O)N(C)C. The van der Waals surface area contributed by atoms with Crippen LogP contribution >= 0.6 is 0 Å². The van der Waals surface area contributed by atoms with Gasteiger partial charge in [-0.25, -0.2) is 0 Å². The summed E-state index contributed by atoms with van der Waals surface area (Å²) >= 11 is 0. The molecule has 0 aliphatic rings. The number of rotatable bonds is 31. The van der Waals surface area contributed by atoms with Crippen molar-refractivity contribution in [3.63, 3.8) is 0 Å². The van der Waals surface area contributed by atoms with Crippen molar-refractivity contribution in [1.82, 2.24) is 46.6 Å². The van der Waals surface area contributed by atoms with Crippen LogP contribution in [0, 0.1) is 0 Å². The highest BCUT2D eigenvalue weighted by Gasteiger charge is 2.05. The van der Waals surface area contributed by atoms with Crippen LogP contribution in [0.1, 0.15) is 202 Å². The van der Waals surface area contributed by atoms with Crippen molar-refractivity contribution in [1.29, 1.82) is 0 Å². The van der Waals surface area contributed by atoms with Gasteiger partial charge in [-0.15, -0.1) is 0 Å². The van der Waals surface area contributed by atoms with E-state index in [-0.39, 0.29) is 35.4 Å². The van der Waals surface area contributed by atoms with Gasteiger partial charge in [0.15, 0.2) is 0 Å². The number of carbonyl (C=O) groups is 6. The first-order chi connectivity index (χ1) is 31.8. The fourth-order valence-corrected chi connectivity index (χ4v) is 5.15. The van der Waals surface area contributed by atoms with E-state index in [9.17, 15) is 28.8 Å². The topological polar surface area (TPSA) is 184 Å². The Morgan fingerprint density at radius 3 is 0.881 bits per heavy atom. The van der Waals surface area contributed by atoms with E-state index in [0.717, 1.165) is 83.8 Å². The van der Waals surface area contributed by atoms with Crippen LogP contribution in [0.5, 0.6) is 0 Å². The minimum Gasteiger partial charge on any atom is -0.359 e. The van der Waals surface area contributed by atoms with Crippen LogP contribution in [-0.4, -0.2) is 154 Å². The van der Waals surface area contributed by atoms with Crippen LogP contribution in [0.3, 0.4) is 0 Å². The van der Waals surface area contributed by atoms with Gasteiger partial charge in [0.1, 0.15) is 0 Å². The van der Waals surface area contributed by atoms with Crippen molar-refractivity contribution in [2.45, 2.75) is 202 Å². The summed E-state index contributed by atoms with van der Waals surface area (Å²) in [5, 5.41) is 16.9. The van der Waals surface area contributed by atoms with Crippen molar-refractivity contribution >= 4 is 35.4 Å². The van der Waals surface area contributed by atoms with Gasteiger partial charge in [0.05, 0.1) is 0 Å². The highest BCUT2D eigenvalue weighted by molar-refractivity contribution is 5.77. The zero-order valence-corrected chi connectivity index (χ0v) is 47.3. The summed E-state index contributed by atoms with van der Waals surface area (Å²) in [6, 6.07) is 0. The van der Waals surface area contributed by atoms with Gasteiger partial charge >= 0.3 is 0 Å². The van der Waals surface area contributed by atoms with E-state index in [1.807, 2.05) is 42.3 Å². The molecule has 0 spiro atoms. The predicted octanol–water partition coefficient (Wildman–Crippen LogP) is 8.31. The lowest BCUT2D eigenvalue weighted by molar-refractivity contribution is -0.129. The number of hydrogen-bond donors (Lipinski definition) is 6. The summed E-state index contributed by atoms with van der Waals surface area (Å²) in [5.41, 5.74) is 0. The number of nitrogens with zero attached hydrogens (tertiary/aromatic N) is 3. The highest BCUT2D eigenvalue weighted by Crippen LogP contribution is 2.06. The van der Waals surface area contributed by atoms with Crippen LogP contribution in [0.15, 0.2) is 0 Å². The van der Waals surface area contributed by atoms with Crippen molar-refractivity contribution in [2.75, 3.05) is 104 Å². The molecule has 15 nitrogen and oxygen atoms in total. The monoisotopic (exact) mass is 962 g/mol. The molecule has 0 heterocycles. The average Bonchev–Trinajstić information content (AvgIpc) is 3.29. The number of carbonyl (C=O) groups excluding carboxylic acids is 6. The van der Waals surface area contributed by atoms with Crippen molar-refractivity contribution in [3.8, 4) is 0 Å². The average molecular weight is 963 g/mol. The minimum absolute atomic E-state index is 0.00463. The third-order valence-electron chi connectivity index (χ3n) is 9.62. The maximum atomic E-state index is 11.6. The summed E-state index contributed by atoms with van der Waals surface area (Å²) in [5.74, 6) is 1.02. The van der Waals surface area contributed by atoms with Crippen molar-refractivity contribution in [3.05, 3.63) is 0 Å². The molecule has 0 unspecified atom stereocenters. The number of nitrogens with one attached hydrogen (secondary N) is 6. The summed E-state index contributed by atoms with van der Waals surface area (Å²) in [6.07, 6.45) is 27.4. The van der Waals surface area contributed by atoms with Crippen LogP contribution in [0.2, 0.25) is 0 Å². The molecule has 0 aliphatic carbocycles. The van der Waals surface area contributed by atoms with Crippen LogP contribution in [-0.2, 0) is 28.8 Å². The first kappa shape index (κ1) is 77.9. The Labute approximate surface area is 415 Å². The van der Waals surface area contributed by atoms with Gasteiger partial charge in [0.2, 0.25) is 35.4 Å². The van der Waals surface area contributed by atoms with Gasteiger partial charge in [-0.2, -0.15) is 0 Å². The normalized spacial score (nSPS) is 9.45. The third-order valence-corrected chi connectivity index (χ3v) is 9.62. The number of hydrogen-bond acceptors (Lipinski definition) is 9. The van der Waals surface area contributed by atoms with E-state index >= 15 is 0 Å². The van der Waals surface area contributed by atoms with Crippen molar-refractivity contribution in [2.24, 2.45) is 0 Å². The Kier molecular flexibility index (Phi) is 80.5. The van der Waals surface area contributed by atoms with Gasteiger partial charge in [-0.05, 0) is 92.6 Å². The molecule has 404 valence electrons. The Morgan fingerprint density at radius 1 is 0.343 bits per heavy atom. The quantitative estimate of drug-likeness (QED) is 0.0372. The van der Waals surface area contributed by atoms with Gasteiger partial charge in [0.25, 0.3) is 0 Å². The standard InChI is InChI=1S/C17H35N3O2.C10H22N2O.C8H17NO.C7H15NO.C5H12.C3H7NO.C2H7N/c1-18-14-10-6-4-8-12-16(21)19-15-11-7-5-9-13-17(22)20(2)3;1-11-9-7-5-4-6-8-10(13)12(2)3;1-4-5-6-7-8(10)9(2)3;1-3-4-5-6-7(9)8-2;1-3-5-4-2;1-3(5)4-2;1-3-2/h18H,4-15H2,1-3H3,(H,19,21);11H,4-9H2,1-3H3;4-7H2,1-3H3;3-6H2,1-2H3,(H,8,9);3-5H2,1-2H3;1-2H3,(H,4,5);3H,1-2H3. The van der Waals surface area contributed by atoms with Gasteiger partial charge < -0.3 is 46.6 Å². The Hall–Kier alpha value is -3.30. The Balaban J connectivity index is -0.000000137. The van der Waals surface area contributed by atoms with Gasteiger partial charge in [-0.3, -0.25) is 28.8 Å². The van der Waals surface area contributed by atoms with Gasteiger partial charge in [0, 0.05) is 102 Å². The van der Waals surface area contributed by atoms with Crippen molar-refractivity contribution < 1.29 is 28.8 Å². The fourth-order valence-electron chi connectivity index (χ4n) is 5.15. The van der Waals surface area contributed by atoms with E-state index in [1.54, 1.807) is 57.0 Å². The number of amides is 6. The number of unbranched alkanes of at least 4 members (excludes halogenated alkanes) is 15. The van der Waals surface area contributed by atoms with E-state index in [1.165, 1.54) is 77.6 Å². The predicted molar refractivity (Wildman–Crippen MR) is 288 cm³/mol. The zero-order valence-electron chi connectivity index (χ0n) is 47.3. The molecular formula is C52H115N9O6. The Morgan fingerprint density at radius 2 is 0.612 bits per heavy atom. The lowest BCUT2D eigenvalue weighted by atomic mass is 10.1. The van der Waals surface area contributed by atoms with E-state index < -0.39 is 0 Å². The molecule has 0 aromatic heterocycles. The molecule has 67 heavy (non-hydrogen) atoms. The molecular weight excluding hydrogens is 847 g/mol. The van der Waals surface area contributed by atoms with Crippen LogP contribution in [0.25, 0.3) is 0 Å². The largest absolute Gasteiger partial charge is 0.359 e. The smallest absolute Gasteiger partial charge is 0.222 e. The molecule has 6 N–H and O–H groups in total. The second kappa shape index (κ2) is 69.3. The zero-order chi connectivity index (χ0) is 52.9. The molecule has 0 aromatic rings. The van der Waals surface area contributed by atoms with Crippen LogP contribution < -0.4 is 31.9 Å². The summed E-state index contributed by atoms with van der Waals surface area (Å²) < 4.78 is 0. The highest BCUT2D eigenvalue weighted by atomic mass is 16.2. The molecule has 0 radical (unpaired) electrons. The molecule has 6 amide bonds. The molecule has 0 saturated heterocycles. The summed E-state index contributed by atoms with van der Waals surface area (Å²) in [7, 11) is 21.8. The third kappa shape index (κ3) is 89.9. The molecule has 0 bridgehead atoms. The molecule has 0 aromatic carbocycles. The molecule has 15 heteroatoms. The maximum Gasteiger partial charge on any atom is 0.222 e. The molecule has 0 rings (SSSR count). The maximum absolute atomic E-state index is 11.6. The van der Waals surface area contributed by atoms with E-state index in [4.69, 9.17) is 0 Å². The van der Waals surface area contributed by atoms with E-state index in [0.29, 0.717) is 32.1 Å². The second-order valence-corrected chi connectivity index (χ2v) is 17.2. The molecule has 0 saturated carbocycles.